The van der Waals surface area contributed by atoms with Gasteiger partial charge in [-0.1, -0.05) is 0 Å². The second kappa shape index (κ2) is 6.66. The molecule has 3 N–H and O–H groups in total. The smallest absolute Gasteiger partial charge is 0.263 e. The van der Waals surface area contributed by atoms with Gasteiger partial charge in [0.15, 0.2) is 17.3 Å². The maximum atomic E-state index is 13.4. The minimum Gasteiger partial charge on any atom is -0.381 e. The first-order valence-corrected chi connectivity index (χ1v) is 9.42. The highest BCUT2D eigenvalue weighted by molar-refractivity contribution is 6.12. The Hall–Kier alpha value is -3.27. The van der Waals surface area contributed by atoms with E-state index in [-0.39, 0.29) is 17.0 Å². The summed E-state index contributed by atoms with van der Waals surface area (Å²) in [5.41, 5.74) is 7.99. The van der Waals surface area contributed by atoms with E-state index in [1.54, 1.807) is 12.4 Å². The molecule has 0 unspecified atom stereocenters. The van der Waals surface area contributed by atoms with Gasteiger partial charge >= 0.3 is 0 Å². The van der Waals surface area contributed by atoms with Gasteiger partial charge in [-0.25, -0.2) is 13.9 Å². The van der Waals surface area contributed by atoms with E-state index in [2.05, 4.69) is 25.3 Å². The monoisotopic (exact) mass is 397 g/mol. The number of carbonyl (C=O) groups is 1. The van der Waals surface area contributed by atoms with Crippen LogP contribution in [0.2, 0.25) is 0 Å². The Labute approximate surface area is 165 Å². The van der Waals surface area contributed by atoms with Crippen LogP contribution in [0.3, 0.4) is 0 Å². The Morgan fingerprint density at radius 1 is 1.28 bits per heavy atom. The van der Waals surface area contributed by atoms with Gasteiger partial charge < -0.3 is 20.7 Å². The molecule has 5 heterocycles. The van der Waals surface area contributed by atoms with Crippen LogP contribution in [0.4, 0.5) is 21.6 Å². The SMILES string of the molecule is Nc1nn2cc(F)cnc2c1C(=O)Nc1cnccc1N1CCC2(CC1)COC2. The summed E-state index contributed by atoms with van der Waals surface area (Å²) in [6.07, 6.45) is 7.57. The summed E-state index contributed by atoms with van der Waals surface area (Å²) in [6.45, 7) is 3.44. The standard InChI is InChI=1S/C19H20FN7O2/c20-12-7-23-17-15(16(21)25-27(17)9-12)18(28)24-13-8-22-4-1-14(13)26-5-2-19(3-6-26)10-29-11-19/h1,4,7-9H,2-3,5-6,10-11H2,(H2,21,25)(H,24,28). The zero-order valence-corrected chi connectivity index (χ0v) is 15.6. The number of nitrogens with two attached hydrogens (primary N) is 1. The highest BCUT2D eigenvalue weighted by atomic mass is 19.1. The van der Waals surface area contributed by atoms with Gasteiger partial charge in [-0.3, -0.25) is 9.78 Å². The van der Waals surface area contributed by atoms with Gasteiger partial charge in [-0.05, 0) is 18.9 Å². The molecule has 1 amide bonds. The number of nitrogens with one attached hydrogen (secondary N) is 1. The van der Waals surface area contributed by atoms with Gasteiger partial charge in [-0.15, -0.1) is 5.10 Å². The van der Waals surface area contributed by atoms with Crippen LogP contribution in [0.1, 0.15) is 23.2 Å². The fraction of sp³-hybridized carbons (Fsp3) is 0.368. The maximum Gasteiger partial charge on any atom is 0.263 e. The van der Waals surface area contributed by atoms with Crippen molar-refractivity contribution in [2.24, 2.45) is 5.41 Å². The molecule has 2 aliphatic rings. The van der Waals surface area contributed by atoms with E-state index in [0.29, 0.717) is 11.1 Å². The number of aromatic nitrogens is 4. The van der Waals surface area contributed by atoms with Gasteiger partial charge in [0.1, 0.15) is 5.56 Å². The minimum atomic E-state index is -0.568. The third kappa shape index (κ3) is 3.05. The number of piperidine rings is 1. The number of ether oxygens (including phenoxy) is 1. The number of pyridine rings is 1. The lowest BCUT2D eigenvalue weighted by molar-refractivity contribution is -0.124. The molecule has 150 valence electrons. The van der Waals surface area contributed by atoms with Crippen molar-refractivity contribution in [3.63, 3.8) is 0 Å². The van der Waals surface area contributed by atoms with Crippen molar-refractivity contribution in [1.82, 2.24) is 19.6 Å². The maximum absolute atomic E-state index is 13.4. The van der Waals surface area contributed by atoms with E-state index in [9.17, 15) is 9.18 Å². The highest BCUT2D eigenvalue weighted by Gasteiger charge is 2.41. The normalized spacial score (nSPS) is 18.0. The van der Waals surface area contributed by atoms with E-state index in [0.717, 1.165) is 61.7 Å². The molecule has 9 nitrogen and oxygen atoms in total. The first kappa shape index (κ1) is 17.8. The zero-order chi connectivity index (χ0) is 20.0. The lowest BCUT2D eigenvalue weighted by Crippen LogP contribution is -2.51. The van der Waals surface area contributed by atoms with Crippen molar-refractivity contribution in [3.8, 4) is 0 Å². The first-order chi connectivity index (χ1) is 14.0. The molecule has 0 aromatic carbocycles. The Balaban J connectivity index is 1.40. The van der Waals surface area contributed by atoms with Crippen LogP contribution >= 0.6 is 0 Å². The highest BCUT2D eigenvalue weighted by Crippen LogP contribution is 2.40. The molecule has 2 saturated heterocycles. The second-order valence-electron chi connectivity index (χ2n) is 7.63. The van der Waals surface area contributed by atoms with Crippen molar-refractivity contribution in [2.45, 2.75) is 12.8 Å². The lowest BCUT2D eigenvalue weighted by atomic mass is 9.77. The quantitative estimate of drug-likeness (QED) is 0.692. The summed E-state index contributed by atoms with van der Waals surface area (Å²) < 4.78 is 19.9. The number of carbonyl (C=O) groups excluding carboxylic acids is 1. The van der Waals surface area contributed by atoms with Crippen LogP contribution in [0.15, 0.2) is 30.9 Å². The zero-order valence-electron chi connectivity index (χ0n) is 15.6. The molecule has 0 saturated carbocycles. The lowest BCUT2D eigenvalue weighted by Gasteiger charge is -2.48. The number of rotatable bonds is 3. The average molecular weight is 397 g/mol. The summed E-state index contributed by atoms with van der Waals surface area (Å²) in [6, 6.07) is 1.89. The number of hydrogen-bond donors (Lipinski definition) is 2. The van der Waals surface area contributed by atoms with Crippen molar-refractivity contribution >= 4 is 28.7 Å². The molecule has 1 spiro atoms. The number of nitrogen functional groups attached to an aromatic ring is 1. The number of anilines is 3. The van der Waals surface area contributed by atoms with Gasteiger partial charge in [0, 0.05) is 24.7 Å². The molecule has 3 aromatic rings. The molecular formula is C19H20FN7O2. The molecule has 2 fully saturated rings. The van der Waals surface area contributed by atoms with Gasteiger partial charge in [0.2, 0.25) is 0 Å². The Morgan fingerprint density at radius 2 is 2.07 bits per heavy atom. The summed E-state index contributed by atoms with van der Waals surface area (Å²) in [5, 5.41) is 6.85. The predicted molar refractivity (Wildman–Crippen MR) is 104 cm³/mol. The molecule has 29 heavy (non-hydrogen) atoms. The van der Waals surface area contributed by atoms with Crippen molar-refractivity contribution in [1.29, 1.82) is 0 Å². The fourth-order valence-electron chi connectivity index (χ4n) is 3.99. The van der Waals surface area contributed by atoms with Crippen molar-refractivity contribution in [2.75, 3.05) is 42.3 Å². The summed E-state index contributed by atoms with van der Waals surface area (Å²) >= 11 is 0. The van der Waals surface area contributed by atoms with Crippen LogP contribution in [0.5, 0.6) is 0 Å². The average Bonchev–Trinajstić information content (AvgIpc) is 3.02. The molecular weight excluding hydrogens is 377 g/mol. The van der Waals surface area contributed by atoms with Gasteiger partial charge in [0.05, 0.1) is 43.2 Å². The van der Waals surface area contributed by atoms with Crippen LogP contribution in [0.25, 0.3) is 5.65 Å². The number of amides is 1. The number of fused-ring (bicyclic) bond motifs is 1. The van der Waals surface area contributed by atoms with Crippen LogP contribution < -0.4 is 16.0 Å². The van der Waals surface area contributed by atoms with E-state index < -0.39 is 11.7 Å². The van der Waals surface area contributed by atoms with Crippen molar-refractivity contribution < 1.29 is 13.9 Å². The van der Waals surface area contributed by atoms with Gasteiger partial charge in [0.25, 0.3) is 5.91 Å². The molecule has 5 rings (SSSR count). The Morgan fingerprint density at radius 3 is 2.79 bits per heavy atom. The van der Waals surface area contributed by atoms with Crippen molar-refractivity contribution in [3.05, 3.63) is 42.2 Å². The first-order valence-electron chi connectivity index (χ1n) is 9.42. The topological polar surface area (TPSA) is 111 Å². The number of hydrogen-bond acceptors (Lipinski definition) is 7. The third-order valence-corrected chi connectivity index (χ3v) is 5.72. The molecule has 0 bridgehead atoms. The number of halogens is 1. The van der Waals surface area contributed by atoms with Crippen LogP contribution in [0, 0.1) is 11.2 Å². The fourth-order valence-corrected chi connectivity index (χ4v) is 3.99. The number of nitrogens with zero attached hydrogens (tertiary/aromatic N) is 5. The van der Waals surface area contributed by atoms with Crippen LogP contribution in [-0.4, -0.2) is 51.8 Å². The van der Waals surface area contributed by atoms with Crippen LogP contribution in [-0.2, 0) is 4.74 Å². The van der Waals surface area contributed by atoms with E-state index in [4.69, 9.17) is 10.5 Å². The molecule has 10 heteroatoms. The Kier molecular flexibility index (Phi) is 4.09. The van der Waals surface area contributed by atoms with E-state index in [1.807, 2.05) is 6.07 Å². The van der Waals surface area contributed by atoms with E-state index in [1.165, 1.54) is 0 Å². The predicted octanol–water partition coefficient (Wildman–Crippen LogP) is 1.71. The molecule has 0 aliphatic carbocycles. The molecule has 0 radical (unpaired) electrons. The van der Waals surface area contributed by atoms with E-state index >= 15 is 0 Å². The third-order valence-electron chi connectivity index (χ3n) is 5.72. The van der Waals surface area contributed by atoms with Gasteiger partial charge in [-0.2, -0.15) is 0 Å². The summed E-state index contributed by atoms with van der Waals surface area (Å²) in [7, 11) is 0. The second-order valence-corrected chi connectivity index (χ2v) is 7.63. The summed E-state index contributed by atoms with van der Waals surface area (Å²) in [5.74, 6) is -1.05. The molecule has 3 aromatic heterocycles. The molecule has 2 aliphatic heterocycles. The largest absolute Gasteiger partial charge is 0.381 e. The molecule has 0 atom stereocenters. The minimum absolute atomic E-state index is 0.0176. The summed E-state index contributed by atoms with van der Waals surface area (Å²) in [4.78, 5) is 23.3. The Bertz CT molecular complexity index is 1090.